The topological polar surface area (TPSA) is 64.6 Å². The first-order valence-electron chi connectivity index (χ1n) is 7.65. The molecule has 0 saturated heterocycles. The number of nitrogens with one attached hydrogen (secondary N) is 1. The second-order valence-electron chi connectivity index (χ2n) is 5.37. The number of carbonyl (C=O) groups is 2. The van der Waals surface area contributed by atoms with Crippen molar-refractivity contribution < 1.29 is 32.2 Å². The van der Waals surface area contributed by atoms with E-state index in [4.69, 9.17) is 21.1 Å². The lowest BCUT2D eigenvalue weighted by Gasteiger charge is -2.17. The van der Waals surface area contributed by atoms with E-state index in [-0.39, 0.29) is 18.1 Å². The zero-order valence-electron chi connectivity index (χ0n) is 14.1. The van der Waals surface area contributed by atoms with E-state index in [0.29, 0.717) is 6.07 Å². The second-order valence-corrected chi connectivity index (χ2v) is 5.71. The molecule has 144 valence electrons. The van der Waals surface area contributed by atoms with Crippen molar-refractivity contribution in [3.63, 3.8) is 0 Å². The van der Waals surface area contributed by atoms with E-state index in [1.54, 1.807) is 24.3 Å². The number of benzene rings is 2. The van der Waals surface area contributed by atoms with Crippen LogP contribution in [0.2, 0.25) is 0 Å². The Balaban J connectivity index is 2.39. The summed E-state index contributed by atoms with van der Waals surface area (Å²) >= 11 is 5.07. The summed E-state index contributed by atoms with van der Waals surface area (Å²) in [7, 11) is 1.19. The van der Waals surface area contributed by atoms with Crippen molar-refractivity contribution in [2.45, 2.75) is 12.8 Å². The van der Waals surface area contributed by atoms with Crippen LogP contribution in [0.5, 0.6) is 11.5 Å². The number of hydrogen-bond acceptors (Lipinski definition) is 4. The van der Waals surface area contributed by atoms with Gasteiger partial charge in [0.2, 0.25) is 0 Å². The van der Waals surface area contributed by atoms with Crippen LogP contribution in [-0.2, 0) is 12.8 Å². The quantitative estimate of drug-likeness (QED) is 0.423. The molecule has 0 aromatic heterocycles. The van der Waals surface area contributed by atoms with Crippen LogP contribution in [0.4, 0.5) is 18.0 Å². The molecule has 0 aliphatic carbocycles. The maximum absolute atomic E-state index is 13.3. The van der Waals surface area contributed by atoms with Crippen LogP contribution < -0.4 is 14.8 Å². The highest BCUT2D eigenvalue weighted by molar-refractivity contribution is 6.63. The number of alkyl halides is 3. The Morgan fingerprint density at radius 2 is 1.78 bits per heavy atom. The third-order valence-electron chi connectivity index (χ3n) is 3.53. The number of amides is 1. The summed E-state index contributed by atoms with van der Waals surface area (Å²) in [6.07, 6.45) is -4.80. The van der Waals surface area contributed by atoms with Crippen LogP contribution in [0.3, 0.4) is 0 Å². The highest BCUT2D eigenvalue weighted by Crippen LogP contribution is 2.39. The summed E-state index contributed by atoms with van der Waals surface area (Å²) < 4.78 is 50.5. The van der Waals surface area contributed by atoms with Crippen molar-refractivity contribution in [2.24, 2.45) is 0 Å². The Labute approximate surface area is 158 Å². The minimum absolute atomic E-state index is 0.0325. The molecule has 5 nitrogen and oxygen atoms in total. The lowest BCUT2D eigenvalue weighted by atomic mass is 10.0. The van der Waals surface area contributed by atoms with Gasteiger partial charge in [0.05, 0.1) is 19.2 Å². The minimum atomic E-state index is -4.80. The van der Waals surface area contributed by atoms with Crippen LogP contribution in [0.1, 0.15) is 21.5 Å². The molecule has 27 heavy (non-hydrogen) atoms. The first-order valence-corrected chi connectivity index (χ1v) is 8.02. The maximum atomic E-state index is 13.3. The summed E-state index contributed by atoms with van der Waals surface area (Å²) in [4.78, 5) is 22.9. The number of methoxy groups -OCH3 is 1. The van der Waals surface area contributed by atoms with Gasteiger partial charge in [-0.2, -0.15) is 13.2 Å². The van der Waals surface area contributed by atoms with Gasteiger partial charge in [-0.15, -0.1) is 0 Å². The molecule has 2 rings (SSSR count). The lowest BCUT2D eigenvalue weighted by molar-refractivity contribution is -0.138. The number of hydrogen-bond donors (Lipinski definition) is 1. The molecule has 2 aromatic rings. The van der Waals surface area contributed by atoms with E-state index < -0.39 is 35.0 Å². The molecule has 0 heterocycles. The van der Waals surface area contributed by atoms with Crippen molar-refractivity contribution >= 4 is 22.8 Å². The maximum Gasteiger partial charge on any atom is 0.417 e. The number of halogens is 4. The summed E-state index contributed by atoms with van der Waals surface area (Å²) in [5, 5.41) is 0.916. The third-order valence-corrected chi connectivity index (χ3v) is 3.67. The number of Topliss-reactive ketones (excluding diaryl/α,β-unsaturated/α-hetero) is 1. The molecule has 0 bridgehead atoms. The van der Waals surface area contributed by atoms with Crippen molar-refractivity contribution in [1.29, 1.82) is 0 Å². The van der Waals surface area contributed by atoms with Gasteiger partial charge in [-0.05, 0) is 29.3 Å². The molecule has 9 heteroatoms. The van der Waals surface area contributed by atoms with Gasteiger partial charge in [0.15, 0.2) is 17.3 Å². The Hall–Kier alpha value is -2.74. The number of rotatable bonds is 7. The summed E-state index contributed by atoms with van der Waals surface area (Å²) in [5.41, 5.74) is -1.07. The van der Waals surface area contributed by atoms with Gasteiger partial charge in [-0.25, -0.2) is 0 Å². The normalized spacial score (nSPS) is 11.0. The van der Waals surface area contributed by atoms with Crippen LogP contribution in [0.15, 0.2) is 42.5 Å². The molecule has 0 unspecified atom stereocenters. The van der Waals surface area contributed by atoms with E-state index in [0.717, 1.165) is 11.6 Å². The molecule has 0 aliphatic heterocycles. The van der Waals surface area contributed by atoms with E-state index in [2.05, 4.69) is 0 Å². The lowest BCUT2D eigenvalue weighted by Crippen LogP contribution is -2.27. The molecule has 2 aromatic carbocycles. The smallest absolute Gasteiger partial charge is 0.417 e. The molecule has 0 radical (unpaired) electrons. The Bertz CT molecular complexity index is 825. The molecule has 1 N–H and O–H groups in total. The number of ether oxygens (including phenoxy) is 2. The summed E-state index contributed by atoms with van der Waals surface area (Å²) in [5.74, 6) is -1.17. The van der Waals surface area contributed by atoms with Crippen LogP contribution >= 0.6 is 11.6 Å². The van der Waals surface area contributed by atoms with Crippen LogP contribution in [0, 0.1) is 0 Å². The Morgan fingerprint density at radius 3 is 2.33 bits per heavy atom. The van der Waals surface area contributed by atoms with Crippen molar-refractivity contribution in [1.82, 2.24) is 5.32 Å². The minimum Gasteiger partial charge on any atom is -0.493 e. The van der Waals surface area contributed by atoms with E-state index in [9.17, 15) is 22.8 Å². The van der Waals surface area contributed by atoms with E-state index in [1.165, 1.54) is 7.11 Å². The summed E-state index contributed by atoms with van der Waals surface area (Å²) in [6, 6.07) is 10.6. The molecule has 0 spiro atoms. The molecular weight excluding hydrogens is 387 g/mol. The average molecular weight is 402 g/mol. The highest BCUT2D eigenvalue weighted by Gasteiger charge is 2.36. The number of carbonyl (C=O) groups excluding carboxylic acids is 2. The van der Waals surface area contributed by atoms with Gasteiger partial charge in [-0.3, -0.25) is 9.59 Å². The summed E-state index contributed by atoms with van der Waals surface area (Å²) in [6.45, 7) is -0.621. The Morgan fingerprint density at radius 1 is 1.11 bits per heavy atom. The fourth-order valence-corrected chi connectivity index (χ4v) is 2.34. The zero-order valence-corrected chi connectivity index (χ0v) is 14.9. The molecule has 0 atom stereocenters. The van der Waals surface area contributed by atoms with Gasteiger partial charge in [0, 0.05) is 5.56 Å². The molecular formula is C18H15ClF3NO4. The predicted molar refractivity (Wildman–Crippen MR) is 92.4 cm³/mol. The fourth-order valence-electron chi connectivity index (χ4n) is 2.28. The van der Waals surface area contributed by atoms with E-state index in [1.807, 2.05) is 11.4 Å². The molecule has 0 fully saturated rings. The second kappa shape index (κ2) is 8.77. The number of ketones is 1. The van der Waals surface area contributed by atoms with Crippen molar-refractivity contribution in [2.75, 3.05) is 13.7 Å². The average Bonchev–Trinajstić information content (AvgIpc) is 2.63. The first kappa shape index (κ1) is 20.6. The van der Waals surface area contributed by atoms with Gasteiger partial charge in [0.1, 0.15) is 6.61 Å². The van der Waals surface area contributed by atoms with Gasteiger partial charge >= 0.3 is 11.5 Å². The highest BCUT2D eigenvalue weighted by atomic mass is 35.5. The van der Waals surface area contributed by atoms with Gasteiger partial charge in [-0.1, -0.05) is 30.3 Å². The Kier molecular flexibility index (Phi) is 6.68. The standard InChI is InChI=1S/C18H15ClF3NO4/c1-26-15-8-13(18(20,21)22)12(14(24)9-23-17(19)25)7-16(15)27-10-11-5-3-2-4-6-11/h2-8H,9-10H2,1H3,(H,23,25). The third kappa shape index (κ3) is 5.62. The monoisotopic (exact) mass is 401 g/mol. The molecule has 1 amide bonds. The van der Waals surface area contributed by atoms with Crippen LogP contribution in [-0.4, -0.2) is 24.8 Å². The zero-order chi connectivity index (χ0) is 20.0. The van der Waals surface area contributed by atoms with Gasteiger partial charge < -0.3 is 14.8 Å². The van der Waals surface area contributed by atoms with Crippen molar-refractivity contribution in [3.05, 3.63) is 59.2 Å². The van der Waals surface area contributed by atoms with E-state index >= 15 is 0 Å². The van der Waals surface area contributed by atoms with Gasteiger partial charge in [0.25, 0.3) is 0 Å². The SMILES string of the molecule is COc1cc(C(F)(F)F)c(C(=O)CNC(=O)Cl)cc1OCc1ccccc1. The van der Waals surface area contributed by atoms with Crippen LogP contribution in [0.25, 0.3) is 0 Å². The molecule has 0 aliphatic rings. The predicted octanol–water partition coefficient (Wildman–Crippen LogP) is 4.42. The van der Waals surface area contributed by atoms with Crippen molar-refractivity contribution in [3.8, 4) is 11.5 Å². The molecule has 0 saturated carbocycles. The largest absolute Gasteiger partial charge is 0.493 e. The fraction of sp³-hybridized carbons (Fsp3) is 0.222. The first-order chi connectivity index (χ1) is 12.7.